The number of amides is 2. The van der Waals surface area contributed by atoms with Gasteiger partial charge in [-0.25, -0.2) is 9.59 Å². The zero-order valence-electron chi connectivity index (χ0n) is 15.2. The van der Waals surface area contributed by atoms with E-state index in [1.54, 1.807) is 41.5 Å². The molecule has 0 bridgehead atoms. The summed E-state index contributed by atoms with van der Waals surface area (Å²) in [6, 6.07) is 0. The van der Waals surface area contributed by atoms with Crippen LogP contribution in [0.1, 0.15) is 54.4 Å². The third-order valence-electron chi connectivity index (χ3n) is 3.26. The molecule has 8 nitrogen and oxygen atoms in total. The Morgan fingerprint density at radius 3 is 2.04 bits per heavy atom. The molecule has 2 atom stereocenters. The Bertz CT molecular complexity index is 492. The van der Waals surface area contributed by atoms with Gasteiger partial charge in [0.05, 0.1) is 5.92 Å². The Labute approximate surface area is 142 Å². The number of carbonyl (C=O) groups excluding carboxylic acids is 2. The summed E-state index contributed by atoms with van der Waals surface area (Å²) in [6.07, 6.45) is -1.67. The lowest BCUT2D eigenvalue weighted by Crippen LogP contribution is -2.57. The van der Waals surface area contributed by atoms with Crippen LogP contribution in [0.25, 0.3) is 0 Å². The fourth-order valence-electron chi connectivity index (χ4n) is 2.31. The number of hydrogen-bond donors (Lipinski definition) is 2. The van der Waals surface area contributed by atoms with E-state index in [1.807, 2.05) is 0 Å². The molecule has 0 saturated carbocycles. The minimum absolute atomic E-state index is 0.105. The molecule has 0 aromatic heterocycles. The van der Waals surface area contributed by atoms with Gasteiger partial charge in [0.2, 0.25) is 0 Å². The first-order valence-corrected chi connectivity index (χ1v) is 8.00. The average molecular weight is 344 g/mol. The van der Waals surface area contributed by atoms with Crippen LogP contribution in [0.15, 0.2) is 0 Å². The summed E-state index contributed by atoms with van der Waals surface area (Å²) in [7, 11) is 0. The molecular formula is C16H28N2O6. The van der Waals surface area contributed by atoms with Gasteiger partial charge in [0.25, 0.3) is 0 Å². The van der Waals surface area contributed by atoms with Gasteiger partial charge in [-0.1, -0.05) is 0 Å². The highest BCUT2D eigenvalue weighted by molar-refractivity contribution is 5.74. The molecule has 2 unspecified atom stereocenters. The number of likely N-dealkylation sites (tertiary alicyclic amines) is 1. The average Bonchev–Trinajstić information content (AvgIpc) is 2.33. The molecular weight excluding hydrogens is 316 g/mol. The van der Waals surface area contributed by atoms with E-state index >= 15 is 0 Å². The van der Waals surface area contributed by atoms with Crippen molar-refractivity contribution in [2.24, 2.45) is 5.92 Å². The van der Waals surface area contributed by atoms with Crippen molar-refractivity contribution >= 4 is 18.2 Å². The van der Waals surface area contributed by atoms with Crippen molar-refractivity contribution in [1.29, 1.82) is 0 Å². The van der Waals surface area contributed by atoms with Gasteiger partial charge in [-0.15, -0.1) is 0 Å². The number of ether oxygens (including phenoxy) is 2. The highest BCUT2D eigenvalue weighted by Gasteiger charge is 2.38. The molecule has 1 aliphatic rings. The van der Waals surface area contributed by atoms with Crippen LogP contribution in [0.4, 0.5) is 9.59 Å². The van der Waals surface area contributed by atoms with Gasteiger partial charge in [-0.2, -0.15) is 0 Å². The summed E-state index contributed by atoms with van der Waals surface area (Å²) >= 11 is 0. The van der Waals surface area contributed by atoms with Gasteiger partial charge >= 0.3 is 18.2 Å². The molecule has 2 N–H and O–H groups in total. The molecule has 0 radical (unpaired) electrons. The zero-order chi connectivity index (χ0) is 18.7. The molecule has 24 heavy (non-hydrogen) atoms. The van der Waals surface area contributed by atoms with Crippen LogP contribution in [0, 0.1) is 5.92 Å². The summed E-state index contributed by atoms with van der Waals surface area (Å²) in [6.45, 7) is 10.6. The van der Waals surface area contributed by atoms with E-state index in [4.69, 9.17) is 9.47 Å². The van der Waals surface area contributed by atoms with Gasteiger partial charge in [-0.05, 0) is 54.4 Å². The molecule has 1 rings (SSSR count). The Hall–Kier alpha value is -1.99. The molecule has 138 valence electrons. The van der Waals surface area contributed by atoms with Gasteiger partial charge in [0.15, 0.2) is 0 Å². The van der Waals surface area contributed by atoms with Crippen LogP contribution < -0.4 is 5.32 Å². The molecule has 1 heterocycles. The number of aliphatic carboxylic acids is 1. The lowest BCUT2D eigenvalue weighted by atomic mass is 9.95. The Balaban J connectivity index is 2.85. The SMILES string of the molecule is CC(C)(C)OC(=O)NC1CC(C(=O)O)CCN1C(=O)OC(C)(C)C. The van der Waals surface area contributed by atoms with Crippen molar-refractivity contribution < 1.29 is 29.0 Å². The minimum atomic E-state index is -0.949. The molecule has 1 saturated heterocycles. The van der Waals surface area contributed by atoms with E-state index in [0.717, 1.165) is 0 Å². The van der Waals surface area contributed by atoms with Gasteiger partial charge < -0.3 is 19.9 Å². The third-order valence-corrected chi connectivity index (χ3v) is 3.26. The standard InChI is InChI=1S/C16H28N2O6/c1-15(2,3)23-13(21)17-11-9-10(12(19)20)7-8-18(11)14(22)24-16(4,5)6/h10-11H,7-9H2,1-6H3,(H,17,21)(H,19,20). The van der Waals surface area contributed by atoms with Crippen LogP contribution in [0.3, 0.4) is 0 Å². The fourth-order valence-corrected chi connectivity index (χ4v) is 2.31. The van der Waals surface area contributed by atoms with Crippen molar-refractivity contribution in [2.45, 2.75) is 71.8 Å². The van der Waals surface area contributed by atoms with Gasteiger partial charge in [0, 0.05) is 6.54 Å². The predicted octanol–water partition coefficient (Wildman–Crippen LogP) is 2.57. The van der Waals surface area contributed by atoms with E-state index in [9.17, 15) is 19.5 Å². The lowest BCUT2D eigenvalue weighted by Gasteiger charge is -2.39. The monoisotopic (exact) mass is 344 g/mol. The van der Waals surface area contributed by atoms with Gasteiger partial charge in [0.1, 0.15) is 17.4 Å². The maximum Gasteiger partial charge on any atom is 0.411 e. The smallest absolute Gasteiger partial charge is 0.411 e. The first-order valence-electron chi connectivity index (χ1n) is 8.00. The number of alkyl carbamates (subject to hydrolysis) is 1. The molecule has 8 heteroatoms. The molecule has 0 spiro atoms. The number of carboxylic acids is 1. The number of nitrogens with one attached hydrogen (secondary N) is 1. The zero-order valence-corrected chi connectivity index (χ0v) is 15.2. The van der Waals surface area contributed by atoms with Crippen LogP contribution in [-0.4, -0.2) is 52.1 Å². The first-order chi connectivity index (χ1) is 10.8. The molecule has 2 amide bonds. The highest BCUT2D eigenvalue weighted by Crippen LogP contribution is 2.24. The summed E-state index contributed by atoms with van der Waals surface area (Å²) in [4.78, 5) is 36.9. The van der Waals surface area contributed by atoms with Crippen molar-refractivity contribution in [1.82, 2.24) is 10.2 Å². The second kappa shape index (κ2) is 7.27. The normalized spacial score (nSPS) is 21.8. The lowest BCUT2D eigenvalue weighted by molar-refractivity contribution is -0.144. The second-order valence-electron chi connectivity index (χ2n) is 7.90. The number of carbonyl (C=O) groups is 3. The second-order valence-corrected chi connectivity index (χ2v) is 7.90. The molecule has 1 aliphatic heterocycles. The quantitative estimate of drug-likeness (QED) is 0.797. The summed E-state index contributed by atoms with van der Waals surface area (Å²) < 4.78 is 10.5. The van der Waals surface area contributed by atoms with E-state index in [0.29, 0.717) is 6.42 Å². The van der Waals surface area contributed by atoms with Gasteiger partial charge in [-0.3, -0.25) is 9.69 Å². The van der Waals surface area contributed by atoms with Crippen LogP contribution in [-0.2, 0) is 14.3 Å². The maximum atomic E-state index is 12.3. The third kappa shape index (κ3) is 6.64. The van der Waals surface area contributed by atoms with Crippen molar-refractivity contribution in [3.05, 3.63) is 0 Å². The topological polar surface area (TPSA) is 105 Å². The van der Waals surface area contributed by atoms with Crippen LogP contribution >= 0.6 is 0 Å². The number of hydrogen-bond acceptors (Lipinski definition) is 5. The minimum Gasteiger partial charge on any atom is -0.481 e. The number of nitrogens with zero attached hydrogens (tertiary/aromatic N) is 1. The molecule has 0 aliphatic carbocycles. The predicted molar refractivity (Wildman–Crippen MR) is 86.5 cm³/mol. The van der Waals surface area contributed by atoms with E-state index in [1.165, 1.54) is 4.90 Å². The van der Waals surface area contributed by atoms with Crippen molar-refractivity contribution in [2.75, 3.05) is 6.54 Å². The van der Waals surface area contributed by atoms with E-state index < -0.39 is 41.4 Å². The van der Waals surface area contributed by atoms with E-state index in [-0.39, 0.29) is 13.0 Å². The maximum absolute atomic E-state index is 12.3. The summed E-state index contributed by atoms with van der Waals surface area (Å²) in [5.74, 6) is -1.58. The number of carboxylic acid groups (broad SMARTS) is 1. The number of piperidine rings is 1. The molecule has 1 fully saturated rings. The fraction of sp³-hybridized carbons (Fsp3) is 0.812. The Morgan fingerprint density at radius 2 is 1.58 bits per heavy atom. The van der Waals surface area contributed by atoms with Crippen LogP contribution in [0.2, 0.25) is 0 Å². The van der Waals surface area contributed by atoms with E-state index in [2.05, 4.69) is 5.32 Å². The highest BCUT2D eigenvalue weighted by atomic mass is 16.6. The summed E-state index contributed by atoms with van der Waals surface area (Å²) in [5, 5.41) is 11.8. The van der Waals surface area contributed by atoms with Crippen LogP contribution in [0.5, 0.6) is 0 Å². The Morgan fingerprint density at radius 1 is 1.04 bits per heavy atom. The first kappa shape index (κ1) is 20.1. The molecule has 0 aromatic carbocycles. The van der Waals surface area contributed by atoms with Crippen molar-refractivity contribution in [3.8, 4) is 0 Å². The largest absolute Gasteiger partial charge is 0.481 e. The number of rotatable bonds is 2. The van der Waals surface area contributed by atoms with Crippen molar-refractivity contribution in [3.63, 3.8) is 0 Å². The Kier molecular flexibility index (Phi) is 6.08. The summed E-state index contributed by atoms with van der Waals surface area (Å²) in [5.41, 5.74) is -1.38. The molecule has 0 aromatic rings.